The fraction of sp³-hybridized carbons (Fsp3) is 0.545. The maximum absolute atomic E-state index is 5.88. The van der Waals surface area contributed by atoms with Crippen LogP contribution in [-0.4, -0.2) is 19.7 Å². The molecule has 16 heavy (non-hydrogen) atoms. The van der Waals surface area contributed by atoms with Crippen LogP contribution >= 0.6 is 11.6 Å². The van der Waals surface area contributed by atoms with Gasteiger partial charge in [-0.3, -0.25) is 0 Å². The summed E-state index contributed by atoms with van der Waals surface area (Å²) in [6.45, 7) is 4.39. The molecule has 4 nitrogen and oxygen atoms in total. The fourth-order valence-corrected chi connectivity index (χ4v) is 2.30. The molecule has 2 aromatic rings. The Bertz CT molecular complexity index is 542. The SMILES string of the molecule is CC(C)(C1CC1)n1ncc2ncc(Cl)nc21. The van der Waals surface area contributed by atoms with Gasteiger partial charge in [-0.1, -0.05) is 11.6 Å². The monoisotopic (exact) mass is 236 g/mol. The Labute approximate surface area is 98.6 Å². The standard InChI is InChI=1S/C11H13ClN4/c1-11(2,7-3-4-7)16-10-8(5-14-16)13-6-9(12)15-10/h5-7H,3-4H2,1-2H3. The molecule has 1 fully saturated rings. The van der Waals surface area contributed by atoms with E-state index in [0.717, 1.165) is 11.2 Å². The highest BCUT2D eigenvalue weighted by Crippen LogP contribution is 2.44. The summed E-state index contributed by atoms with van der Waals surface area (Å²) in [4.78, 5) is 8.53. The Morgan fingerprint density at radius 3 is 2.81 bits per heavy atom. The Balaban J connectivity index is 2.19. The number of aromatic nitrogens is 4. The van der Waals surface area contributed by atoms with E-state index in [9.17, 15) is 0 Å². The molecule has 1 aliphatic carbocycles. The van der Waals surface area contributed by atoms with Crippen molar-refractivity contribution in [3.8, 4) is 0 Å². The van der Waals surface area contributed by atoms with Crippen molar-refractivity contribution in [3.63, 3.8) is 0 Å². The lowest BCUT2D eigenvalue weighted by molar-refractivity contribution is 0.282. The highest BCUT2D eigenvalue weighted by atomic mass is 35.5. The normalized spacial score (nSPS) is 16.9. The van der Waals surface area contributed by atoms with Crippen LogP contribution in [0, 0.1) is 5.92 Å². The van der Waals surface area contributed by atoms with E-state index in [1.807, 2.05) is 4.68 Å². The molecule has 0 unspecified atom stereocenters. The third kappa shape index (κ3) is 1.40. The van der Waals surface area contributed by atoms with E-state index in [2.05, 4.69) is 28.9 Å². The highest BCUT2D eigenvalue weighted by Gasteiger charge is 2.40. The first-order chi connectivity index (χ1) is 7.59. The second kappa shape index (κ2) is 3.17. The van der Waals surface area contributed by atoms with Crippen molar-refractivity contribution in [2.45, 2.75) is 32.2 Å². The molecule has 0 aromatic carbocycles. The average Bonchev–Trinajstić information content (AvgIpc) is 2.99. The molecule has 1 saturated carbocycles. The van der Waals surface area contributed by atoms with Crippen LogP contribution in [-0.2, 0) is 5.54 Å². The minimum atomic E-state index is 0.00110. The molecule has 0 amide bonds. The predicted molar refractivity (Wildman–Crippen MR) is 62.4 cm³/mol. The fourth-order valence-electron chi connectivity index (χ4n) is 2.17. The quantitative estimate of drug-likeness (QED) is 0.805. The van der Waals surface area contributed by atoms with Crippen LogP contribution in [0.1, 0.15) is 26.7 Å². The lowest BCUT2D eigenvalue weighted by Crippen LogP contribution is -2.30. The van der Waals surface area contributed by atoms with Crippen molar-refractivity contribution in [3.05, 3.63) is 17.5 Å². The molecule has 3 rings (SSSR count). The van der Waals surface area contributed by atoms with Crippen LogP contribution in [0.3, 0.4) is 0 Å². The Hall–Kier alpha value is -1.16. The number of rotatable bonds is 2. The Kier molecular flexibility index (Phi) is 1.98. The summed E-state index contributed by atoms with van der Waals surface area (Å²) in [5.74, 6) is 0.691. The van der Waals surface area contributed by atoms with Gasteiger partial charge in [-0.25, -0.2) is 14.6 Å². The van der Waals surface area contributed by atoms with E-state index >= 15 is 0 Å². The summed E-state index contributed by atoms with van der Waals surface area (Å²) in [7, 11) is 0. The second-order valence-corrected chi connectivity index (χ2v) is 5.27. The lowest BCUT2D eigenvalue weighted by atomic mass is 9.99. The van der Waals surface area contributed by atoms with Crippen LogP contribution in [0.2, 0.25) is 5.15 Å². The lowest BCUT2D eigenvalue weighted by Gasteiger charge is -2.25. The first-order valence-corrected chi connectivity index (χ1v) is 5.83. The molecule has 0 spiro atoms. The third-order valence-corrected chi connectivity index (χ3v) is 3.55. The van der Waals surface area contributed by atoms with Crippen molar-refractivity contribution in [1.29, 1.82) is 0 Å². The van der Waals surface area contributed by atoms with E-state index < -0.39 is 0 Å². The second-order valence-electron chi connectivity index (χ2n) is 4.89. The van der Waals surface area contributed by atoms with Crippen LogP contribution in [0.5, 0.6) is 0 Å². The van der Waals surface area contributed by atoms with Crippen LogP contribution in [0.15, 0.2) is 12.4 Å². The van der Waals surface area contributed by atoms with E-state index in [1.54, 1.807) is 12.4 Å². The van der Waals surface area contributed by atoms with Crippen molar-refractivity contribution in [1.82, 2.24) is 19.7 Å². The molecule has 0 bridgehead atoms. The molecular weight excluding hydrogens is 224 g/mol. The van der Waals surface area contributed by atoms with Gasteiger partial charge in [0.2, 0.25) is 0 Å². The summed E-state index contributed by atoms with van der Waals surface area (Å²) < 4.78 is 1.96. The number of hydrogen-bond donors (Lipinski definition) is 0. The largest absolute Gasteiger partial charge is 0.248 e. The smallest absolute Gasteiger partial charge is 0.178 e. The number of nitrogens with zero attached hydrogens (tertiary/aromatic N) is 4. The molecule has 2 aromatic heterocycles. The minimum absolute atomic E-state index is 0.00110. The highest BCUT2D eigenvalue weighted by molar-refractivity contribution is 6.29. The van der Waals surface area contributed by atoms with Gasteiger partial charge in [0.05, 0.1) is 17.9 Å². The van der Waals surface area contributed by atoms with Gasteiger partial charge in [-0.05, 0) is 32.6 Å². The molecular formula is C11H13ClN4. The summed E-state index contributed by atoms with van der Waals surface area (Å²) >= 11 is 5.88. The van der Waals surface area contributed by atoms with Gasteiger partial charge < -0.3 is 0 Å². The number of halogens is 1. The predicted octanol–water partition coefficient (Wildman–Crippen LogP) is 2.62. The van der Waals surface area contributed by atoms with Crippen LogP contribution in [0.4, 0.5) is 0 Å². The Morgan fingerprint density at radius 1 is 1.38 bits per heavy atom. The van der Waals surface area contributed by atoms with E-state index in [0.29, 0.717) is 11.1 Å². The number of hydrogen-bond acceptors (Lipinski definition) is 3. The van der Waals surface area contributed by atoms with Crippen molar-refractivity contribution < 1.29 is 0 Å². The third-order valence-electron chi connectivity index (χ3n) is 3.37. The van der Waals surface area contributed by atoms with E-state index in [-0.39, 0.29) is 5.54 Å². The van der Waals surface area contributed by atoms with Gasteiger partial charge in [0.1, 0.15) is 10.7 Å². The van der Waals surface area contributed by atoms with E-state index in [4.69, 9.17) is 11.6 Å². The zero-order valence-electron chi connectivity index (χ0n) is 9.31. The zero-order chi connectivity index (χ0) is 11.3. The summed E-state index contributed by atoms with van der Waals surface area (Å²) in [6.07, 6.45) is 5.84. The zero-order valence-corrected chi connectivity index (χ0v) is 10.1. The van der Waals surface area contributed by atoms with Gasteiger partial charge >= 0.3 is 0 Å². The molecule has 5 heteroatoms. The minimum Gasteiger partial charge on any atom is -0.248 e. The molecule has 0 aliphatic heterocycles. The summed E-state index contributed by atoms with van der Waals surface area (Å²) in [6, 6.07) is 0. The van der Waals surface area contributed by atoms with Crippen molar-refractivity contribution >= 4 is 22.8 Å². The van der Waals surface area contributed by atoms with Crippen molar-refractivity contribution in [2.75, 3.05) is 0 Å². The first kappa shape index (κ1) is 10.0. The molecule has 84 valence electrons. The van der Waals surface area contributed by atoms with Crippen LogP contribution in [0.25, 0.3) is 11.2 Å². The molecule has 0 N–H and O–H groups in total. The molecule has 0 atom stereocenters. The van der Waals surface area contributed by atoms with Gasteiger partial charge in [0.15, 0.2) is 5.65 Å². The first-order valence-electron chi connectivity index (χ1n) is 5.46. The summed E-state index contributed by atoms with van der Waals surface area (Å²) in [5, 5.41) is 4.82. The number of fused-ring (bicyclic) bond motifs is 1. The van der Waals surface area contributed by atoms with Gasteiger partial charge in [-0.2, -0.15) is 5.10 Å². The topological polar surface area (TPSA) is 43.6 Å². The van der Waals surface area contributed by atoms with Gasteiger partial charge in [-0.15, -0.1) is 0 Å². The molecule has 0 radical (unpaired) electrons. The molecule has 0 saturated heterocycles. The maximum Gasteiger partial charge on any atom is 0.178 e. The van der Waals surface area contributed by atoms with Gasteiger partial charge in [0.25, 0.3) is 0 Å². The maximum atomic E-state index is 5.88. The molecule has 2 heterocycles. The van der Waals surface area contributed by atoms with Crippen LogP contribution < -0.4 is 0 Å². The van der Waals surface area contributed by atoms with Gasteiger partial charge in [0, 0.05) is 0 Å². The molecule has 1 aliphatic rings. The Morgan fingerprint density at radius 2 is 2.12 bits per heavy atom. The average molecular weight is 237 g/mol. The summed E-state index contributed by atoms with van der Waals surface area (Å²) in [5.41, 5.74) is 1.59. The van der Waals surface area contributed by atoms with E-state index in [1.165, 1.54) is 12.8 Å². The van der Waals surface area contributed by atoms with Crippen molar-refractivity contribution in [2.24, 2.45) is 5.92 Å².